The molecule has 7 heteroatoms. The SMILES string of the molecule is CCN(Cc1ccc2c(c1)OCCOCCOCCOCCO2)Cc1c2ccccc2c(C#N)c2ccccc12. The van der Waals surface area contributed by atoms with E-state index in [1.54, 1.807) is 0 Å². The Hall–Kier alpha value is -3.67. The highest BCUT2D eigenvalue weighted by Gasteiger charge is 2.17. The molecule has 0 aromatic heterocycles. The minimum atomic E-state index is 0.428. The molecule has 0 amide bonds. The highest BCUT2D eigenvalue weighted by atomic mass is 16.6. The second-order valence-electron chi connectivity index (χ2n) is 9.67. The van der Waals surface area contributed by atoms with Crippen LogP contribution in [0.1, 0.15) is 23.6 Å². The Morgan fingerprint density at radius 2 is 1.18 bits per heavy atom. The lowest BCUT2D eigenvalue weighted by Crippen LogP contribution is -2.23. The third kappa shape index (κ3) is 6.72. The molecule has 1 aliphatic rings. The summed E-state index contributed by atoms with van der Waals surface area (Å²) in [5, 5.41) is 14.2. The molecule has 0 spiro atoms. The van der Waals surface area contributed by atoms with Gasteiger partial charge in [-0.2, -0.15) is 5.26 Å². The molecule has 0 bridgehead atoms. The Labute approximate surface area is 235 Å². The van der Waals surface area contributed by atoms with E-state index in [0.717, 1.165) is 52.3 Å². The van der Waals surface area contributed by atoms with E-state index in [1.807, 2.05) is 30.3 Å². The lowest BCUT2D eigenvalue weighted by molar-refractivity contribution is 0.00708. The largest absolute Gasteiger partial charge is 0.487 e. The van der Waals surface area contributed by atoms with Crippen LogP contribution < -0.4 is 9.47 Å². The number of rotatable bonds is 5. The molecule has 4 aromatic rings. The fraction of sp³-hybridized carbons (Fsp3) is 0.364. The Balaban J connectivity index is 1.39. The van der Waals surface area contributed by atoms with Crippen LogP contribution >= 0.6 is 0 Å². The Morgan fingerprint density at radius 1 is 0.650 bits per heavy atom. The molecular formula is C33H36N2O5. The first-order chi connectivity index (χ1) is 19.8. The first-order valence-corrected chi connectivity index (χ1v) is 13.9. The van der Waals surface area contributed by atoms with Crippen LogP contribution in [0, 0.1) is 11.3 Å². The zero-order valence-corrected chi connectivity index (χ0v) is 23.1. The van der Waals surface area contributed by atoms with Gasteiger partial charge in [0, 0.05) is 23.9 Å². The predicted molar refractivity (Wildman–Crippen MR) is 156 cm³/mol. The molecule has 208 valence electrons. The summed E-state index contributed by atoms with van der Waals surface area (Å²) >= 11 is 0. The molecule has 7 nitrogen and oxygen atoms in total. The average Bonchev–Trinajstić information content (AvgIpc) is 3.00. The van der Waals surface area contributed by atoms with Gasteiger partial charge in [0.05, 0.1) is 45.2 Å². The van der Waals surface area contributed by atoms with E-state index in [-0.39, 0.29) is 0 Å². The number of hydrogen-bond acceptors (Lipinski definition) is 7. The van der Waals surface area contributed by atoms with Crippen LogP contribution in [0.15, 0.2) is 66.7 Å². The number of nitriles is 1. The van der Waals surface area contributed by atoms with Crippen molar-refractivity contribution in [3.05, 3.63) is 83.4 Å². The molecule has 0 saturated heterocycles. The third-order valence-electron chi connectivity index (χ3n) is 7.11. The summed E-state index contributed by atoms with van der Waals surface area (Å²) in [6.07, 6.45) is 0. The summed E-state index contributed by atoms with van der Waals surface area (Å²) in [7, 11) is 0. The summed E-state index contributed by atoms with van der Waals surface area (Å²) in [4.78, 5) is 2.41. The minimum Gasteiger partial charge on any atom is -0.487 e. The van der Waals surface area contributed by atoms with E-state index in [2.05, 4.69) is 54.3 Å². The van der Waals surface area contributed by atoms with E-state index in [9.17, 15) is 5.26 Å². The molecule has 0 saturated carbocycles. The number of nitrogens with zero attached hydrogens (tertiary/aromatic N) is 2. The average molecular weight is 541 g/mol. The maximum absolute atomic E-state index is 9.98. The monoisotopic (exact) mass is 540 g/mol. The number of fused-ring (bicyclic) bond motifs is 3. The number of benzene rings is 4. The van der Waals surface area contributed by atoms with Crippen LogP contribution in [0.25, 0.3) is 21.5 Å². The Bertz CT molecular complexity index is 1410. The molecule has 0 N–H and O–H groups in total. The molecule has 5 rings (SSSR count). The van der Waals surface area contributed by atoms with Gasteiger partial charge >= 0.3 is 0 Å². The van der Waals surface area contributed by atoms with Gasteiger partial charge in [-0.15, -0.1) is 0 Å². The van der Waals surface area contributed by atoms with Gasteiger partial charge in [-0.1, -0.05) is 61.5 Å². The van der Waals surface area contributed by atoms with E-state index in [1.165, 1.54) is 5.56 Å². The fourth-order valence-corrected chi connectivity index (χ4v) is 5.12. The first kappa shape index (κ1) is 27.9. The van der Waals surface area contributed by atoms with Crippen LogP contribution in [0.5, 0.6) is 11.5 Å². The molecule has 0 radical (unpaired) electrons. The van der Waals surface area contributed by atoms with Crippen molar-refractivity contribution in [1.82, 2.24) is 4.90 Å². The van der Waals surface area contributed by atoms with Crippen molar-refractivity contribution < 1.29 is 23.7 Å². The van der Waals surface area contributed by atoms with Crippen molar-refractivity contribution in [1.29, 1.82) is 5.26 Å². The molecule has 1 heterocycles. The summed E-state index contributed by atoms with van der Waals surface area (Å²) in [6.45, 7) is 8.50. The molecular weight excluding hydrogens is 504 g/mol. The van der Waals surface area contributed by atoms with Crippen LogP contribution in [-0.4, -0.2) is 64.3 Å². The first-order valence-electron chi connectivity index (χ1n) is 13.9. The molecule has 0 aliphatic carbocycles. The second-order valence-corrected chi connectivity index (χ2v) is 9.67. The van der Waals surface area contributed by atoms with E-state index < -0.39 is 0 Å². The van der Waals surface area contributed by atoms with Gasteiger partial charge in [-0.3, -0.25) is 4.90 Å². The maximum atomic E-state index is 9.98. The Morgan fingerprint density at radius 3 is 1.73 bits per heavy atom. The lowest BCUT2D eigenvalue weighted by atomic mass is 9.92. The number of ether oxygens (including phenoxy) is 5. The van der Waals surface area contributed by atoms with Crippen molar-refractivity contribution in [3.63, 3.8) is 0 Å². The van der Waals surface area contributed by atoms with Gasteiger partial charge in [0.15, 0.2) is 11.5 Å². The zero-order chi connectivity index (χ0) is 27.6. The fourth-order valence-electron chi connectivity index (χ4n) is 5.12. The molecule has 4 aromatic carbocycles. The van der Waals surface area contributed by atoms with Crippen LogP contribution in [0.3, 0.4) is 0 Å². The number of hydrogen-bond donors (Lipinski definition) is 0. The lowest BCUT2D eigenvalue weighted by Gasteiger charge is -2.24. The van der Waals surface area contributed by atoms with Gasteiger partial charge in [0.2, 0.25) is 0 Å². The molecule has 0 fully saturated rings. The van der Waals surface area contributed by atoms with Gasteiger partial charge < -0.3 is 23.7 Å². The van der Waals surface area contributed by atoms with Crippen molar-refractivity contribution in [2.75, 3.05) is 59.4 Å². The summed E-state index contributed by atoms with van der Waals surface area (Å²) in [5.41, 5.74) is 3.11. The quantitative estimate of drug-likeness (QED) is 0.300. The van der Waals surface area contributed by atoms with E-state index in [4.69, 9.17) is 23.7 Å². The van der Waals surface area contributed by atoms with Crippen molar-refractivity contribution in [3.8, 4) is 17.6 Å². The zero-order valence-electron chi connectivity index (χ0n) is 23.1. The molecule has 1 aliphatic heterocycles. The van der Waals surface area contributed by atoms with Gasteiger partial charge in [0.25, 0.3) is 0 Å². The van der Waals surface area contributed by atoms with Gasteiger partial charge in [0.1, 0.15) is 19.3 Å². The normalized spacial score (nSPS) is 15.4. The van der Waals surface area contributed by atoms with E-state index >= 15 is 0 Å². The second kappa shape index (κ2) is 14.1. The third-order valence-corrected chi connectivity index (χ3v) is 7.11. The molecule has 0 unspecified atom stereocenters. The van der Waals surface area contributed by atoms with Crippen molar-refractivity contribution >= 4 is 21.5 Å². The summed E-state index contributed by atoms with van der Waals surface area (Å²) in [6, 6.07) is 25.0. The van der Waals surface area contributed by atoms with Gasteiger partial charge in [-0.25, -0.2) is 0 Å². The topological polar surface area (TPSA) is 73.2 Å². The van der Waals surface area contributed by atoms with Crippen molar-refractivity contribution in [2.45, 2.75) is 20.0 Å². The summed E-state index contributed by atoms with van der Waals surface area (Å²) < 4.78 is 28.8. The smallest absolute Gasteiger partial charge is 0.161 e. The minimum absolute atomic E-state index is 0.428. The predicted octanol–water partition coefficient (Wildman–Crippen LogP) is 5.71. The standard InChI is InChI=1S/C33H36N2O5/c1-2-35(24-31-28-9-5-3-7-26(28)30(22-34)27-8-4-6-10-29(27)31)23-25-11-12-32-33(21-25)40-20-18-38-16-14-36-13-15-37-17-19-39-32/h3-12,21H,2,13-20,23-24H2,1H3. The summed E-state index contributed by atoms with van der Waals surface area (Å²) in [5.74, 6) is 1.41. The highest BCUT2D eigenvalue weighted by molar-refractivity contribution is 6.07. The van der Waals surface area contributed by atoms with Crippen LogP contribution in [-0.2, 0) is 27.3 Å². The van der Waals surface area contributed by atoms with Gasteiger partial charge in [-0.05, 0) is 40.6 Å². The van der Waals surface area contributed by atoms with Crippen molar-refractivity contribution in [2.24, 2.45) is 0 Å². The van der Waals surface area contributed by atoms with Crippen LogP contribution in [0.4, 0.5) is 0 Å². The van der Waals surface area contributed by atoms with E-state index in [0.29, 0.717) is 64.4 Å². The maximum Gasteiger partial charge on any atom is 0.161 e. The highest BCUT2D eigenvalue weighted by Crippen LogP contribution is 2.34. The molecule has 40 heavy (non-hydrogen) atoms. The van der Waals surface area contributed by atoms with Crippen LogP contribution in [0.2, 0.25) is 0 Å². The Kier molecular flexibility index (Phi) is 9.83. The molecule has 0 atom stereocenters.